The smallest absolute Gasteiger partial charge is 0.178 e. The van der Waals surface area contributed by atoms with Crippen molar-refractivity contribution < 1.29 is 9.90 Å². The summed E-state index contributed by atoms with van der Waals surface area (Å²) in [6.07, 6.45) is 0.281. The molecule has 1 atom stereocenters. The Balaban J connectivity index is 3.82. The lowest BCUT2D eigenvalue weighted by atomic mass is 10.1. The van der Waals surface area contributed by atoms with Gasteiger partial charge in [0, 0.05) is 6.42 Å². The summed E-state index contributed by atoms with van der Waals surface area (Å²) in [4.78, 5) is 10.5. The highest BCUT2D eigenvalue weighted by molar-refractivity contribution is 5.85. The highest BCUT2D eigenvalue weighted by Crippen LogP contribution is 1.96. The number of carbonyl (C=O) groups excluding carboxylic acids is 1. The standard InChI is InChI=1S/C5H11NO2/c1-3-4(7)5(2,6)8/h8H,3,6H2,1-2H3. The summed E-state index contributed by atoms with van der Waals surface area (Å²) in [6, 6.07) is 0. The van der Waals surface area contributed by atoms with E-state index in [1.54, 1.807) is 6.92 Å². The van der Waals surface area contributed by atoms with Gasteiger partial charge in [0.2, 0.25) is 0 Å². The molecule has 0 rings (SSSR count). The molecule has 0 fully saturated rings. The van der Waals surface area contributed by atoms with Gasteiger partial charge in [-0.15, -0.1) is 0 Å². The molecule has 3 heteroatoms. The fourth-order valence-electron chi connectivity index (χ4n) is 0.358. The third-order valence-corrected chi connectivity index (χ3v) is 0.886. The van der Waals surface area contributed by atoms with Crippen LogP contribution in [-0.2, 0) is 4.79 Å². The first-order chi connectivity index (χ1) is 3.48. The molecule has 0 radical (unpaired) electrons. The molecule has 0 heterocycles. The number of rotatable bonds is 2. The van der Waals surface area contributed by atoms with Gasteiger partial charge in [-0.05, 0) is 6.92 Å². The summed E-state index contributed by atoms with van der Waals surface area (Å²) in [7, 11) is 0. The van der Waals surface area contributed by atoms with E-state index in [-0.39, 0.29) is 12.2 Å². The Hall–Kier alpha value is -0.410. The van der Waals surface area contributed by atoms with Gasteiger partial charge in [-0.3, -0.25) is 10.5 Å². The number of ketones is 1. The quantitative estimate of drug-likeness (QED) is 0.485. The Morgan fingerprint density at radius 1 is 1.88 bits per heavy atom. The highest BCUT2D eigenvalue weighted by Gasteiger charge is 2.21. The van der Waals surface area contributed by atoms with Crippen molar-refractivity contribution in [2.45, 2.75) is 26.0 Å². The van der Waals surface area contributed by atoms with Crippen LogP contribution in [0.2, 0.25) is 0 Å². The lowest BCUT2D eigenvalue weighted by Crippen LogP contribution is -2.44. The van der Waals surface area contributed by atoms with E-state index in [2.05, 4.69) is 0 Å². The second-order valence-electron chi connectivity index (χ2n) is 1.92. The lowest BCUT2D eigenvalue weighted by Gasteiger charge is -2.12. The van der Waals surface area contributed by atoms with Gasteiger partial charge >= 0.3 is 0 Å². The van der Waals surface area contributed by atoms with Crippen LogP contribution in [0.15, 0.2) is 0 Å². The number of aliphatic hydroxyl groups is 1. The Labute approximate surface area is 48.5 Å². The monoisotopic (exact) mass is 117 g/mol. The van der Waals surface area contributed by atoms with E-state index in [9.17, 15) is 4.79 Å². The second kappa shape index (κ2) is 2.24. The van der Waals surface area contributed by atoms with Gasteiger partial charge < -0.3 is 5.11 Å². The summed E-state index contributed by atoms with van der Waals surface area (Å²) >= 11 is 0. The maximum atomic E-state index is 10.5. The minimum atomic E-state index is -1.63. The number of carbonyl (C=O) groups is 1. The molecule has 0 spiro atoms. The first-order valence-electron chi connectivity index (χ1n) is 2.53. The molecular weight excluding hydrogens is 106 g/mol. The Bertz CT molecular complexity index is 93.1. The normalized spacial score (nSPS) is 17.5. The minimum Gasteiger partial charge on any atom is -0.369 e. The van der Waals surface area contributed by atoms with Crippen LogP contribution >= 0.6 is 0 Å². The van der Waals surface area contributed by atoms with E-state index >= 15 is 0 Å². The highest BCUT2D eigenvalue weighted by atomic mass is 16.3. The van der Waals surface area contributed by atoms with Crippen LogP contribution in [0.5, 0.6) is 0 Å². The van der Waals surface area contributed by atoms with Gasteiger partial charge in [-0.1, -0.05) is 6.92 Å². The van der Waals surface area contributed by atoms with Crippen molar-refractivity contribution in [2.24, 2.45) is 5.73 Å². The molecule has 0 aliphatic rings. The molecule has 8 heavy (non-hydrogen) atoms. The average Bonchev–Trinajstić information content (AvgIpc) is 1.62. The Morgan fingerprint density at radius 2 is 2.25 bits per heavy atom. The second-order valence-corrected chi connectivity index (χ2v) is 1.92. The van der Waals surface area contributed by atoms with Gasteiger partial charge in [0.25, 0.3) is 0 Å². The largest absolute Gasteiger partial charge is 0.369 e. The van der Waals surface area contributed by atoms with E-state index in [0.717, 1.165) is 0 Å². The fourth-order valence-corrected chi connectivity index (χ4v) is 0.358. The first-order valence-corrected chi connectivity index (χ1v) is 2.53. The topological polar surface area (TPSA) is 63.3 Å². The van der Waals surface area contributed by atoms with Gasteiger partial charge in [0.05, 0.1) is 0 Å². The van der Waals surface area contributed by atoms with Gasteiger partial charge in [-0.2, -0.15) is 0 Å². The zero-order valence-electron chi connectivity index (χ0n) is 5.14. The number of Topliss-reactive ketones (excluding diaryl/α,β-unsaturated/α-hetero) is 1. The van der Waals surface area contributed by atoms with Gasteiger partial charge in [0.1, 0.15) is 0 Å². The van der Waals surface area contributed by atoms with Gasteiger partial charge in [-0.25, -0.2) is 0 Å². The van der Waals surface area contributed by atoms with Crippen molar-refractivity contribution in [3.8, 4) is 0 Å². The van der Waals surface area contributed by atoms with Crippen molar-refractivity contribution in [2.75, 3.05) is 0 Å². The van der Waals surface area contributed by atoms with Crippen molar-refractivity contribution in [3.63, 3.8) is 0 Å². The van der Waals surface area contributed by atoms with Crippen molar-refractivity contribution in [1.29, 1.82) is 0 Å². The van der Waals surface area contributed by atoms with E-state index in [1.807, 2.05) is 0 Å². The van der Waals surface area contributed by atoms with Crippen LogP contribution < -0.4 is 5.73 Å². The zero-order valence-corrected chi connectivity index (χ0v) is 5.14. The molecule has 0 saturated carbocycles. The van der Waals surface area contributed by atoms with Crippen molar-refractivity contribution in [3.05, 3.63) is 0 Å². The van der Waals surface area contributed by atoms with Crippen LogP contribution in [0.4, 0.5) is 0 Å². The third kappa shape index (κ3) is 2.04. The number of hydrogen-bond donors (Lipinski definition) is 2. The minimum absolute atomic E-state index is 0.281. The van der Waals surface area contributed by atoms with Crippen molar-refractivity contribution in [1.82, 2.24) is 0 Å². The summed E-state index contributed by atoms with van der Waals surface area (Å²) in [5.41, 5.74) is 3.37. The molecule has 0 aliphatic carbocycles. The molecule has 1 unspecified atom stereocenters. The summed E-state index contributed by atoms with van der Waals surface area (Å²) in [5, 5.41) is 8.71. The van der Waals surface area contributed by atoms with E-state index < -0.39 is 5.72 Å². The molecule has 0 aromatic carbocycles. The Kier molecular flexibility index (Phi) is 2.12. The molecular formula is C5H11NO2. The molecule has 0 aliphatic heterocycles. The van der Waals surface area contributed by atoms with Crippen LogP contribution in [0.3, 0.4) is 0 Å². The molecule has 0 aromatic rings. The zero-order chi connectivity index (χ0) is 6.78. The fraction of sp³-hybridized carbons (Fsp3) is 0.800. The van der Waals surface area contributed by atoms with Crippen LogP contribution in [0.1, 0.15) is 20.3 Å². The molecule has 3 N–H and O–H groups in total. The maximum absolute atomic E-state index is 10.5. The van der Waals surface area contributed by atoms with Crippen LogP contribution in [0.25, 0.3) is 0 Å². The van der Waals surface area contributed by atoms with E-state index in [1.165, 1.54) is 6.92 Å². The number of hydrogen-bond acceptors (Lipinski definition) is 3. The van der Waals surface area contributed by atoms with Crippen molar-refractivity contribution >= 4 is 5.78 Å². The third-order valence-electron chi connectivity index (χ3n) is 0.886. The Morgan fingerprint density at radius 3 is 2.25 bits per heavy atom. The predicted molar refractivity (Wildman–Crippen MR) is 30.1 cm³/mol. The van der Waals surface area contributed by atoms with E-state index in [0.29, 0.717) is 0 Å². The van der Waals surface area contributed by atoms with Gasteiger partial charge in [0.15, 0.2) is 11.5 Å². The SMILES string of the molecule is CCC(=O)C(C)(N)O. The molecule has 3 nitrogen and oxygen atoms in total. The average molecular weight is 117 g/mol. The molecule has 0 saturated heterocycles. The lowest BCUT2D eigenvalue weighted by molar-refractivity contribution is -0.134. The maximum Gasteiger partial charge on any atom is 0.178 e. The molecule has 0 amide bonds. The molecule has 48 valence electrons. The first kappa shape index (κ1) is 7.59. The molecule has 0 bridgehead atoms. The predicted octanol–water partition coefficient (Wildman–Crippen LogP) is -0.367. The van der Waals surface area contributed by atoms with Crippen LogP contribution in [-0.4, -0.2) is 16.6 Å². The molecule has 0 aromatic heterocycles. The van der Waals surface area contributed by atoms with Crippen LogP contribution in [0, 0.1) is 0 Å². The summed E-state index contributed by atoms with van der Waals surface area (Å²) in [5.74, 6) is -0.336. The summed E-state index contributed by atoms with van der Waals surface area (Å²) < 4.78 is 0. The van der Waals surface area contributed by atoms with E-state index in [4.69, 9.17) is 10.8 Å². The summed E-state index contributed by atoms with van der Waals surface area (Å²) in [6.45, 7) is 2.93. The number of nitrogens with two attached hydrogens (primary N) is 1.